The second kappa shape index (κ2) is 7.61. The first kappa shape index (κ1) is 16.9. The molecule has 1 atom stereocenters. The molecule has 1 rings (SSSR count). The summed E-state index contributed by atoms with van der Waals surface area (Å²) >= 11 is 0. The predicted octanol–water partition coefficient (Wildman–Crippen LogP) is 2.26. The van der Waals surface area contributed by atoms with E-state index in [-0.39, 0.29) is 6.03 Å². The van der Waals surface area contributed by atoms with E-state index >= 15 is 0 Å². The topological polar surface area (TPSA) is 82.5 Å². The number of amides is 2. The van der Waals surface area contributed by atoms with E-state index < -0.39 is 11.5 Å². The van der Waals surface area contributed by atoms with Crippen molar-refractivity contribution in [3.05, 3.63) is 30.1 Å². The molecule has 0 aliphatic heterocycles. The van der Waals surface area contributed by atoms with Crippen LogP contribution in [0.1, 0.15) is 39.3 Å². The average molecular weight is 293 g/mol. The Kier molecular flexibility index (Phi) is 6.14. The number of carbonyl (C=O) groups excluding carboxylic acids is 1. The highest BCUT2D eigenvalue weighted by atomic mass is 16.4. The largest absolute Gasteiger partial charge is 0.480 e. The maximum atomic E-state index is 12.3. The second-order valence-corrected chi connectivity index (χ2v) is 5.15. The SMILES string of the molecule is CCCC(C)(NC(=O)N(CC)Cc1ccccn1)C(=O)O. The number of pyridine rings is 1. The smallest absolute Gasteiger partial charge is 0.329 e. The zero-order valence-electron chi connectivity index (χ0n) is 12.8. The van der Waals surface area contributed by atoms with E-state index in [1.807, 2.05) is 32.0 Å². The van der Waals surface area contributed by atoms with Crippen molar-refractivity contribution >= 4 is 12.0 Å². The van der Waals surface area contributed by atoms with Gasteiger partial charge in [0.25, 0.3) is 0 Å². The monoisotopic (exact) mass is 293 g/mol. The van der Waals surface area contributed by atoms with Crippen LogP contribution >= 0.6 is 0 Å². The van der Waals surface area contributed by atoms with Crippen molar-refractivity contribution in [2.45, 2.75) is 45.7 Å². The molecule has 1 aromatic heterocycles. The summed E-state index contributed by atoms with van der Waals surface area (Å²) in [7, 11) is 0. The van der Waals surface area contributed by atoms with Gasteiger partial charge in [0.05, 0.1) is 12.2 Å². The van der Waals surface area contributed by atoms with E-state index in [0.717, 1.165) is 5.69 Å². The summed E-state index contributed by atoms with van der Waals surface area (Å²) in [6, 6.07) is 5.11. The summed E-state index contributed by atoms with van der Waals surface area (Å²) in [4.78, 5) is 29.4. The van der Waals surface area contributed by atoms with Crippen LogP contribution in [0.4, 0.5) is 4.79 Å². The standard InChI is InChI=1S/C15H23N3O3/c1-4-9-15(3,13(19)20)17-14(21)18(5-2)11-12-8-6-7-10-16-12/h6-8,10H,4-5,9,11H2,1-3H3,(H,17,21)(H,19,20). The lowest BCUT2D eigenvalue weighted by atomic mass is 9.96. The minimum atomic E-state index is -1.25. The van der Waals surface area contributed by atoms with Gasteiger partial charge in [-0.2, -0.15) is 0 Å². The van der Waals surface area contributed by atoms with Crippen molar-refractivity contribution in [2.75, 3.05) is 6.54 Å². The van der Waals surface area contributed by atoms with Crippen molar-refractivity contribution in [3.8, 4) is 0 Å². The number of aliphatic carboxylic acids is 1. The van der Waals surface area contributed by atoms with Crippen molar-refractivity contribution in [1.29, 1.82) is 0 Å². The highest BCUT2D eigenvalue weighted by Gasteiger charge is 2.35. The first-order valence-corrected chi connectivity index (χ1v) is 7.13. The zero-order chi connectivity index (χ0) is 15.9. The molecular weight excluding hydrogens is 270 g/mol. The van der Waals surface area contributed by atoms with Gasteiger partial charge in [-0.25, -0.2) is 9.59 Å². The fourth-order valence-electron chi connectivity index (χ4n) is 2.05. The Labute approximate surface area is 125 Å². The van der Waals surface area contributed by atoms with Crippen molar-refractivity contribution in [1.82, 2.24) is 15.2 Å². The number of carboxylic acid groups (broad SMARTS) is 1. The highest BCUT2D eigenvalue weighted by molar-refractivity contribution is 5.85. The summed E-state index contributed by atoms with van der Waals surface area (Å²) < 4.78 is 0. The lowest BCUT2D eigenvalue weighted by molar-refractivity contribution is -0.144. The number of carbonyl (C=O) groups is 2. The van der Waals surface area contributed by atoms with Gasteiger partial charge in [-0.15, -0.1) is 0 Å². The number of hydrogen-bond acceptors (Lipinski definition) is 3. The molecule has 21 heavy (non-hydrogen) atoms. The summed E-state index contributed by atoms with van der Waals surface area (Å²) in [6.45, 7) is 6.10. The van der Waals surface area contributed by atoms with Crippen LogP contribution in [-0.2, 0) is 11.3 Å². The van der Waals surface area contributed by atoms with E-state index in [1.54, 1.807) is 11.1 Å². The van der Waals surface area contributed by atoms with Crippen LogP contribution in [0.25, 0.3) is 0 Å². The van der Waals surface area contributed by atoms with E-state index in [2.05, 4.69) is 10.3 Å². The Morgan fingerprint density at radius 3 is 2.57 bits per heavy atom. The van der Waals surface area contributed by atoms with Gasteiger partial charge in [0.2, 0.25) is 0 Å². The number of aromatic nitrogens is 1. The molecule has 2 amide bonds. The van der Waals surface area contributed by atoms with Crippen LogP contribution < -0.4 is 5.32 Å². The van der Waals surface area contributed by atoms with E-state index in [1.165, 1.54) is 6.92 Å². The Bertz CT molecular complexity index is 478. The third kappa shape index (κ3) is 4.73. The third-order valence-corrected chi connectivity index (χ3v) is 3.35. The molecule has 0 aromatic carbocycles. The lowest BCUT2D eigenvalue weighted by Crippen LogP contribution is -2.55. The van der Waals surface area contributed by atoms with Crippen LogP contribution in [0.2, 0.25) is 0 Å². The van der Waals surface area contributed by atoms with Gasteiger partial charge in [-0.1, -0.05) is 19.4 Å². The quantitative estimate of drug-likeness (QED) is 0.807. The normalized spacial score (nSPS) is 13.3. The molecule has 1 unspecified atom stereocenters. The van der Waals surface area contributed by atoms with Crippen LogP contribution in [0, 0.1) is 0 Å². The third-order valence-electron chi connectivity index (χ3n) is 3.35. The van der Waals surface area contributed by atoms with Crippen LogP contribution in [0.5, 0.6) is 0 Å². The summed E-state index contributed by atoms with van der Waals surface area (Å²) in [5.41, 5.74) is -0.481. The van der Waals surface area contributed by atoms with Crippen LogP contribution in [0.3, 0.4) is 0 Å². The van der Waals surface area contributed by atoms with E-state index in [9.17, 15) is 14.7 Å². The molecule has 0 bridgehead atoms. The molecule has 1 aromatic rings. The zero-order valence-corrected chi connectivity index (χ0v) is 12.8. The number of nitrogens with zero attached hydrogens (tertiary/aromatic N) is 2. The summed E-state index contributed by atoms with van der Waals surface area (Å²) in [6.07, 6.45) is 2.73. The molecule has 0 aliphatic rings. The maximum Gasteiger partial charge on any atom is 0.329 e. The van der Waals surface area contributed by atoms with E-state index in [0.29, 0.717) is 25.9 Å². The van der Waals surface area contributed by atoms with Crippen LogP contribution in [0.15, 0.2) is 24.4 Å². The minimum Gasteiger partial charge on any atom is -0.480 e. The fourth-order valence-corrected chi connectivity index (χ4v) is 2.05. The van der Waals surface area contributed by atoms with Gasteiger partial charge in [-0.3, -0.25) is 4.98 Å². The van der Waals surface area contributed by atoms with Crippen molar-refractivity contribution in [3.63, 3.8) is 0 Å². The molecule has 6 nitrogen and oxygen atoms in total. The van der Waals surface area contributed by atoms with Gasteiger partial charge in [0, 0.05) is 12.7 Å². The maximum absolute atomic E-state index is 12.3. The molecule has 0 aliphatic carbocycles. The first-order chi connectivity index (χ1) is 9.92. The predicted molar refractivity (Wildman–Crippen MR) is 79.8 cm³/mol. The Hall–Kier alpha value is -2.11. The molecule has 1 heterocycles. The van der Waals surface area contributed by atoms with Gasteiger partial charge in [0.15, 0.2) is 0 Å². The summed E-state index contributed by atoms with van der Waals surface area (Å²) in [5.74, 6) is -1.02. The number of hydrogen-bond donors (Lipinski definition) is 2. The number of nitrogens with one attached hydrogen (secondary N) is 1. The molecule has 6 heteroatoms. The minimum absolute atomic E-state index is 0.352. The highest BCUT2D eigenvalue weighted by Crippen LogP contribution is 2.14. The number of carboxylic acids is 1. The molecule has 0 fully saturated rings. The van der Waals surface area contributed by atoms with Crippen molar-refractivity contribution < 1.29 is 14.7 Å². The van der Waals surface area contributed by atoms with Gasteiger partial charge < -0.3 is 15.3 Å². The number of rotatable bonds is 7. The fraction of sp³-hybridized carbons (Fsp3) is 0.533. The Balaban J connectivity index is 2.76. The van der Waals surface area contributed by atoms with Crippen LogP contribution in [-0.4, -0.2) is 39.1 Å². The lowest BCUT2D eigenvalue weighted by Gasteiger charge is -2.30. The average Bonchev–Trinajstić information content (AvgIpc) is 2.45. The number of urea groups is 1. The van der Waals surface area contributed by atoms with Gasteiger partial charge in [-0.05, 0) is 32.4 Å². The first-order valence-electron chi connectivity index (χ1n) is 7.13. The molecule has 0 saturated heterocycles. The Morgan fingerprint density at radius 1 is 1.38 bits per heavy atom. The molecule has 0 spiro atoms. The molecule has 0 saturated carbocycles. The summed E-state index contributed by atoms with van der Waals surface area (Å²) in [5, 5.41) is 11.9. The molecule has 116 valence electrons. The Morgan fingerprint density at radius 2 is 2.10 bits per heavy atom. The van der Waals surface area contributed by atoms with Crippen molar-refractivity contribution in [2.24, 2.45) is 0 Å². The van der Waals surface area contributed by atoms with Gasteiger partial charge >= 0.3 is 12.0 Å². The van der Waals surface area contributed by atoms with E-state index in [4.69, 9.17) is 0 Å². The molecule has 0 radical (unpaired) electrons. The van der Waals surface area contributed by atoms with Gasteiger partial charge in [0.1, 0.15) is 5.54 Å². The molecule has 2 N–H and O–H groups in total. The second-order valence-electron chi connectivity index (χ2n) is 5.15. The molecular formula is C15H23N3O3.